The molecule has 10 heteroatoms. The first-order valence-corrected chi connectivity index (χ1v) is 12.0. The Bertz CT molecular complexity index is 1050. The molecule has 0 radical (unpaired) electrons. The quantitative estimate of drug-likeness (QED) is 0.280. The highest BCUT2D eigenvalue weighted by Crippen LogP contribution is 2.33. The molecule has 0 saturated carbocycles. The van der Waals surface area contributed by atoms with Gasteiger partial charge in [-0.1, -0.05) is 12.1 Å². The van der Waals surface area contributed by atoms with Crippen molar-refractivity contribution in [3.05, 3.63) is 47.5 Å². The second-order valence-electron chi connectivity index (χ2n) is 8.69. The average molecular weight is 531 g/mol. The molecule has 2 aromatic carbocycles. The molecule has 0 aromatic heterocycles. The molecule has 0 unspecified atom stereocenters. The van der Waals surface area contributed by atoms with E-state index < -0.39 is 23.9 Å². The van der Waals surface area contributed by atoms with Crippen molar-refractivity contribution in [3.63, 3.8) is 0 Å². The van der Waals surface area contributed by atoms with E-state index in [1.54, 1.807) is 36.4 Å². The van der Waals surface area contributed by atoms with Gasteiger partial charge in [-0.15, -0.1) is 0 Å². The van der Waals surface area contributed by atoms with E-state index in [1.165, 1.54) is 41.9 Å². The Morgan fingerprint density at radius 3 is 1.24 bits per heavy atom. The summed E-state index contributed by atoms with van der Waals surface area (Å²) in [6.07, 6.45) is 0.886. The van der Waals surface area contributed by atoms with Crippen LogP contribution in [-0.4, -0.2) is 51.3 Å². The van der Waals surface area contributed by atoms with E-state index >= 15 is 0 Å². The molecule has 38 heavy (non-hydrogen) atoms. The molecule has 0 aliphatic carbocycles. The molecule has 0 saturated heterocycles. The van der Waals surface area contributed by atoms with Crippen LogP contribution in [0.1, 0.15) is 38.8 Å². The minimum atomic E-state index is -0.472. The fourth-order valence-electron chi connectivity index (χ4n) is 3.93. The number of rotatable bonds is 13. The van der Waals surface area contributed by atoms with E-state index in [0.717, 1.165) is 11.1 Å². The van der Waals surface area contributed by atoms with E-state index in [9.17, 15) is 19.2 Å². The number of hydrogen-bond acceptors (Lipinski definition) is 10. The largest absolute Gasteiger partial charge is 0.493 e. The summed E-state index contributed by atoms with van der Waals surface area (Å²) in [6.45, 7) is 5.42. The number of carbonyl (C=O) groups is 4. The minimum Gasteiger partial charge on any atom is -0.493 e. The smallest absolute Gasteiger partial charge is 0.308 e. The van der Waals surface area contributed by atoms with Crippen molar-refractivity contribution in [2.45, 2.75) is 40.5 Å². The van der Waals surface area contributed by atoms with Gasteiger partial charge in [-0.25, -0.2) is 0 Å². The summed E-state index contributed by atoms with van der Waals surface area (Å²) >= 11 is 0. The van der Waals surface area contributed by atoms with E-state index in [-0.39, 0.29) is 36.5 Å². The van der Waals surface area contributed by atoms with Gasteiger partial charge in [0.25, 0.3) is 0 Å². The molecular weight excluding hydrogens is 496 g/mol. The Morgan fingerprint density at radius 1 is 0.579 bits per heavy atom. The molecule has 0 N–H and O–H groups in total. The average Bonchev–Trinajstić information content (AvgIpc) is 2.85. The molecular formula is C28H34O10. The van der Waals surface area contributed by atoms with Crippen LogP contribution in [0.3, 0.4) is 0 Å². The van der Waals surface area contributed by atoms with Crippen molar-refractivity contribution in [2.75, 3.05) is 27.4 Å². The van der Waals surface area contributed by atoms with E-state index in [1.807, 2.05) is 0 Å². The maximum absolute atomic E-state index is 11.7. The molecule has 2 aromatic rings. The first-order valence-electron chi connectivity index (χ1n) is 12.0. The van der Waals surface area contributed by atoms with Crippen LogP contribution in [0.5, 0.6) is 23.0 Å². The van der Waals surface area contributed by atoms with E-state index in [2.05, 4.69) is 0 Å². The van der Waals surface area contributed by atoms with Crippen LogP contribution in [0.4, 0.5) is 0 Å². The SMILES string of the molecule is COc1cc(C[C@H](COC(C)=O)[C@@H](COC(C)=O)Cc2ccc(OC(C)=O)c(OC)c2)ccc1OC(C)=O. The van der Waals surface area contributed by atoms with Crippen LogP contribution in [0.15, 0.2) is 36.4 Å². The van der Waals surface area contributed by atoms with Gasteiger partial charge in [-0.2, -0.15) is 0 Å². The number of methoxy groups -OCH3 is 2. The van der Waals surface area contributed by atoms with Crippen LogP contribution in [-0.2, 0) is 41.5 Å². The molecule has 2 rings (SSSR count). The molecule has 0 aliphatic rings. The summed E-state index contributed by atoms with van der Waals surface area (Å²) in [5.41, 5.74) is 1.68. The summed E-state index contributed by atoms with van der Waals surface area (Å²) < 4.78 is 31.9. The lowest BCUT2D eigenvalue weighted by Gasteiger charge is -2.27. The van der Waals surface area contributed by atoms with Crippen LogP contribution >= 0.6 is 0 Å². The second kappa shape index (κ2) is 14.6. The number of esters is 4. The first-order chi connectivity index (χ1) is 18.0. The Labute approximate surface area is 222 Å². The van der Waals surface area contributed by atoms with Gasteiger partial charge < -0.3 is 28.4 Å². The van der Waals surface area contributed by atoms with Gasteiger partial charge >= 0.3 is 23.9 Å². The maximum Gasteiger partial charge on any atom is 0.308 e. The van der Waals surface area contributed by atoms with Crippen molar-refractivity contribution in [1.82, 2.24) is 0 Å². The van der Waals surface area contributed by atoms with Gasteiger partial charge in [0.15, 0.2) is 23.0 Å². The van der Waals surface area contributed by atoms with E-state index in [0.29, 0.717) is 24.3 Å². The second-order valence-corrected chi connectivity index (χ2v) is 8.69. The maximum atomic E-state index is 11.7. The summed E-state index contributed by atoms with van der Waals surface area (Å²) in [5, 5.41) is 0. The highest BCUT2D eigenvalue weighted by molar-refractivity contribution is 5.71. The highest BCUT2D eigenvalue weighted by Gasteiger charge is 2.26. The molecule has 0 spiro atoms. The molecule has 0 bridgehead atoms. The third kappa shape index (κ3) is 9.76. The zero-order chi connectivity index (χ0) is 28.2. The van der Waals surface area contributed by atoms with Crippen molar-refractivity contribution in [3.8, 4) is 23.0 Å². The topological polar surface area (TPSA) is 124 Å². The molecule has 2 atom stereocenters. The fraction of sp³-hybridized carbons (Fsp3) is 0.429. The normalized spacial score (nSPS) is 12.1. The van der Waals surface area contributed by atoms with Crippen molar-refractivity contribution in [2.24, 2.45) is 11.8 Å². The zero-order valence-corrected chi connectivity index (χ0v) is 22.5. The number of carbonyl (C=O) groups excluding carboxylic acids is 4. The standard InChI is InChI=1S/C28H34O10/c1-17(29)35-15-23(11-21-7-9-25(37-19(3)31)27(13-21)33-5)24(16-36-18(2)30)12-22-8-10-26(38-20(4)32)28(14-22)34-6/h7-10,13-14,23-24H,11-12,15-16H2,1-6H3/t23-,24-/m1/s1. The van der Waals surface area contributed by atoms with Crippen molar-refractivity contribution >= 4 is 23.9 Å². The van der Waals surface area contributed by atoms with Crippen LogP contribution in [0, 0.1) is 11.8 Å². The van der Waals surface area contributed by atoms with Crippen LogP contribution < -0.4 is 18.9 Å². The molecule has 0 amide bonds. The predicted molar refractivity (Wildman–Crippen MR) is 136 cm³/mol. The Kier molecular flexibility index (Phi) is 11.6. The van der Waals surface area contributed by atoms with Gasteiger partial charge in [-0.05, 0) is 48.2 Å². The summed E-state index contributed by atoms with van der Waals surface area (Å²) in [6, 6.07) is 10.4. The Morgan fingerprint density at radius 2 is 0.947 bits per heavy atom. The monoisotopic (exact) mass is 530 g/mol. The van der Waals surface area contributed by atoms with Crippen molar-refractivity contribution < 1.29 is 47.6 Å². The van der Waals surface area contributed by atoms with Gasteiger partial charge in [0.1, 0.15) is 0 Å². The summed E-state index contributed by atoms with van der Waals surface area (Å²) in [4.78, 5) is 46.1. The van der Waals surface area contributed by atoms with Crippen LogP contribution in [0.2, 0.25) is 0 Å². The molecule has 10 nitrogen and oxygen atoms in total. The number of ether oxygens (including phenoxy) is 6. The van der Waals surface area contributed by atoms with Gasteiger partial charge in [-0.3, -0.25) is 19.2 Å². The highest BCUT2D eigenvalue weighted by atomic mass is 16.6. The summed E-state index contributed by atoms with van der Waals surface area (Å²) in [7, 11) is 2.94. The van der Waals surface area contributed by atoms with Gasteiger partial charge in [0.05, 0.1) is 27.4 Å². The molecule has 206 valence electrons. The molecule has 0 fully saturated rings. The van der Waals surface area contributed by atoms with Gasteiger partial charge in [0.2, 0.25) is 0 Å². The summed E-state index contributed by atoms with van der Waals surface area (Å²) in [5.74, 6) is -0.997. The lowest BCUT2D eigenvalue weighted by molar-refractivity contribution is -0.147. The van der Waals surface area contributed by atoms with Gasteiger partial charge in [0, 0.05) is 39.5 Å². The Balaban J connectivity index is 2.40. The van der Waals surface area contributed by atoms with Crippen LogP contribution in [0.25, 0.3) is 0 Å². The molecule has 0 heterocycles. The number of benzene rings is 2. The van der Waals surface area contributed by atoms with E-state index in [4.69, 9.17) is 28.4 Å². The number of hydrogen-bond donors (Lipinski definition) is 0. The lowest BCUT2D eigenvalue weighted by atomic mass is 9.83. The third-order valence-corrected chi connectivity index (χ3v) is 5.63. The lowest BCUT2D eigenvalue weighted by Crippen LogP contribution is -2.29. The zero-order valence-electron chi connectivity index (χ0n) is 22.5. The fourth-order valence-corrected chi connectivity index (χ4v) is 3.93. The first kappa shape index (κ1) is 30.1. The third-order valence-electron chi connectivity index (χ3n) is 5.63. The molecule has 0 aliphatic heterocycles. The van der Waals surface area contributed by atoms with Crippen molar-refractivity contribution in [1.29, 1.82) is 0 Å². The predicted octanol–water partition coefficient (Wildman–Crippen LogP) is 3.70. The Hall–Kier alpha value is -4.08. The minimum absolute atomic E-state index is 0.0813.